The molecule has 0 heterocycles. The molecule has 0 amide bonds. The summed E-state index contributed by atoms with van der Waals surface area (Å²) in [5.41, 5.74) is 1.42. The van der Waals surface area contributed by atoms with Crippen molar-refractivity contribution in [1.29, 1.82) is 0 Å². The SMILES string of the molecule is CC(C)[Si](O)(C(C)C)C(C)C.CO.O.O.[Zr]. The molecule has 0 aliphatic rings. The Bertz CT molecular complexity index is 110. The summed E-state index contributed by atoms with van der Waals surface area (Å²) >= 11 is 0. The van der Waals surface area contributed by atoms with Gasteiger partial charge in [0.2, 0.25) is 0 Å². The maximum absolute atomic E-state index is 10.4. The molecule has 0 fully saturated rings. The second kappa shape index (κ2) is 14.0. The van der Waals surface area contributed by atoms with Gasteiger partial charge in [0.05, 0.1) is 0 Å². The zero-order valence-electron chi connectivity index (χ0n) is 11.6. The Morgan fingerprint density at radius 1 is 0.688 bits per heavy atom. The normalized spacial score (nSPS) is 9.75. The van der Waals surface area contributed by atoms with Gasteiger partial charge in [0.1, 0.15) is 0 Å². The van der Waals surface area contributed by atoms with Crippen LogP contribution in [0.2, 0.25) is 16.6 Å². The molecule has 6 heteroatoms. The van der Waals surface area contributed by atoms with Crippen molar-refractivity contribution >= 4 is 8.32 Å². The maximum Gasteiger partial charge on any atom is 0.196 e. The summed E-state index contributed by atoms with van der Waals surface area (Å²) in [6.07, 6.45) is 0. The van der Waals surface area contributed by atoms with E-state index in [1.807, 2.05) is 0 Å². The van der Waals surface area contributed by atoms with Crippen LogP contribution in [0.1, 0.15) is 41.5 Å². The van der Waals surface area contributed by atoms with Gasteiger partial charge in [-0.25, -0.2) is 0 Å². The van der Waals surface area contributed by atoms with E-state index in [-0.39, 0.29) is 37.2 Å². The topological polar surface area (TPSA) is 103 Å². The van der Waals surface area contributed by atoms with Crippen LogP contribution in [0.4, 0.5) is 0 Å². The zero-order valence-corrected chi connectivity index (χ0v) is 15.1. The average molecular weight is 334 g/mol. The molecule has 6 N–H and O–H groups in total. The van der Waals surface area contributed by atoms with Crippen LogP contribution in [-0.2, 0) is 26.2 Å². The van der Waals surface area contributed by atoms with E-state index < -0.39 is 8.32 Å². The molecule has 0 spiro atoms. The van der Waals surface area contributed by atoms with Gasteiger partial charge in [-0.1, -0.05) is 41.5 Å². The van der Waals surface area contributed by atoms with Gasteiger partial charge in [-0.2, -0.15) is 0 Å². The van der Waals surface area contributed by atoms with Gasteiger partial charge in [0.25, 0.3) is 0 Å². The fraction of sp³-hybridized carbons (Fsp3) is 1.00. The Kier molecular flexibility index (Phi) is 26.4. The Morgan fingerprint density at radius 3 is 0.812 bits per heavy atom. The predicted octanol–water partition coefficient (Wildman–Crippen LogP) is 1.11. The molecule has 0 rings (SSSR count). The van der Waals surface area contributed by atoms with Gasteiger partial charge in [-0.05, 0) is 16.6 Å². The Hall–Kier alpha value is 0.940. The molecule has 0 aliphatic heterocycles. The van der Waals surface area contributed by atoms with Crippen LogP contribution in [0.3, 0.4) is 0 Å². The summed E-state index contributed by atoms with van der Waals surface area (Å²) in [5.74, 6) is 0. The molecule has 0 saturated heterocycles. The third kappa shape index (κ3) is 8.09. The molecule has 0 atom stereocenters. The monoisotopic (exact) mass is 332 g/mol. The standard InChI is InChI=1S/C9H22OSi.CH4O.2H2O.Zr/c1-7(2)11(10,8(3)4)9(5)6;1-2;;;/h7-10H,1-6H3;2H,1H3;2*1H2;. The summed E-state index contributed by atoms with van der Waals surface area (Å²) in [4.78, 5) is 10.4. The van der Waals surface area contributed by atoms with Gasteiger partial charge in [0.15, 0.2) is 8.32 Å². The molecule has 0 radical (unpaired) electrons. The first kappa shape index (κ1) is 30.2. The first-order valence-corrected chi connectivity index (χ1v) is 7.18. The van der Waals surface area contributed by atoms with Crippen LogP contribution in [0.15, 0.2) is 0 Å². The quantitative estimate of drug-likeness (QED) is 0.755. The first-order valence-electron chi connectivity index (χ1n) is 5.00. The van der Waals surface area contributed by atoms with Crippen LogP contribution in [0.25, 0.3) is 0 Å². The number of aliphatic hydroxyl groups is 1. The van der Waals surface area contributed by atoms with E-state index in [2.05, 4.69) is 41.5 Å². The average Bonchev–Trinajstić information content (AvgIpc) is 2.05. The van der Waals surface area contributed by atoms with E-state index in [0.29, 0.717) is 16.6 Å². The molecule has 0 aromatic rings. The summed E-state index contributed by atoms with van der Waals surface area (Å²) in [6, 6.07) is 0. The maximum atomic E-state index is 10.4. The van der Waals surface area contributed by atoms with Crippen LogP contribution in [-0.4, -0.2) is 36.3 Å². The molecule has 0 aromatic heterocycles. The Balaban J connectivity index is -0.0000000760. The zero-order chi connectivity index (χ0) is 11.2. The first-order chi connectivity index (χ1) is 5.83. The van der Waals surface area contributed by atoms with Crippen molar-refractivity contribution in [3.05, 3.63) is 0 Å². The van der Waals surface area contributed by atoms with Crippen molar-refractivity contribution in [2.75, 3.05) is 7.11 Å². The fourth-order valence-corrected chi connectivity index (χ4v) is 6.00. The van der Waals surface area contributed by atoms with Crippen molar-refractivity contribution < 1.29 is 47.1 Å². The van der Waals surface area contributed by atoms with Crippen LogP contribution >= 0.6 is 0 Å². The van der Waals surface area contributed by atoms with Crippen molar-refractivity contribution in [2.24, 2.45) is 0 Å². The molecule has 0 bridgehead atoms. The van der Waals surface area contributed by atoms with E-state index in [0.717, 1.165) is 7.11 Å². The molecule has 0 saturated carbocycles. The van der Waals surface area contributed by atoms with Crippen molar-refractivity contribution in [1.82, 2.24) is 0 Å². The number of aliphatic hydroxyl groups excluding tert-OH is 1. The minimum absolute atomic E-state index is 0. The molecule has 4 nitrogen and oxygen atoms in total. The molecule has 0 aliphatic carbocycles. The predicted molar refractivity (Wildman–Crippen MR) is 68.6 cm³/mol. The van der Waals surface area contributed by atoms with Crippen molar-refractivity contribution in [2.45, 2.75) is 58.2 Å². The molecular formula is C10H30O4SiZr. The summed E-state index contributed by atoms with van der Waals surface area (Å²) in [5, 5.41) is 7.00. The molecular weight excluding hydrogens is 303 g/mol. The van der Waals surface area contributed by atoms with Crippen molar-refractivity contribution in [3.8, 4) is 0 Å². The van der Waals surface area contributed by atoms with E-state index in [1.165, 1.54) is 0 Å². The van der Waals surface area contributed by atoms with E-state index in [4.69, 9.17) is 5.11 Å². The minimum atomic E-state index is -1.98. The van der Waals surface area contributed by atoms with Crippen LogP contribution in [0.5, 0.6) is 0 Å². The molecule has 0 unspecified atom stereocenters. The van der Waals surface area contributed by atoms with Crippen molar-refractivity contribution in [3.63, 3.8) is 0 Å². The van der Waals surface area contributed by atoms with Gasteiger partial charge in [0, 0.05) is 33.3 Å². The third-order valence-electron chi connectivity index (χ3n) is 2.77. The molecule has 0 aromatic carbocycles. The number of hydrogen-bond acceptors (Lipinski definition) is 2. The Morgan fingerprint density at radius 2 is 0.812 bits per heavy atom. The van der Waals surface area contributed by atoms with Crippen LogP contribution < -0.4 is 0 Å². The minimum Gasteiger partial charge on any atom is -0.431 e. The summed E-state index contributed by atoms with van der Waals surface area (Å²) in [6.45, 7) is 12.9. The largest absolute Gasteiger partial charge is 0.431 e. The van der Waals surface area contributed by atoms with Gasteiger partial charge in [-0.3, -0.25) is 0 Å². The third-order valence-corrected chi connectivity index (χ3v) is 8.32. The molecule has 16 heavy (non-hydrogen) atoms. The van der Waals surface area contributed by atoms with Crippen LogP contribution in [0, 0.1) is 0 Å². The molecule has 102 valence electrons. The fourth-order valence-electron chi connectivity index (χ4n) is 2.00. The van der Waals surface area contributed by atoms with Gasteiger partial charge in [-0.15, -0.1) is 0 Å². The summed E-state index contributed by atoms with van der Waals surface area (Å²) < 4.78 is 0. The second-order valence-electron chi connectivity index (χ2n) is 4.35. The van der Waals surface area contributed by atoms with Gasteiger partial charge >= 0.3 is 0 Å². The van der Waals surface area contributed by atoms with E-state index in [9.17, 15) is 4.80 Å². The van der Waals surface area contributed by atoms with Gasteiger partial charge < -0.3 is 20.9 Å². The van der Waals surface area contributed by atoms with E-state index >= 15 is 0 Å². The smallest absolute Gasteiger partial charge is 0.196 e. The van der Waals surface area contributed by atoms with E-state index in [1.54, 1.807) is 0 Å². The number of rotatable bonds is 3. The second-order valence-corrected chi connectivity index (χ2v) is 9.59. The number of hydrogen-bond donors (Lipinski definition) is 2. The summed E-state index contributed by atoms with van der Waals surface area (Å²) in [7, 11) is -0.981. The Labute approximate surface area is 120 Å².